The van der Waals surface area contributed by atoms with Gasteiger partial charge >= 0.3 is 0 Å². The molecule has 0 fully saturated rings. The predicted molar refractivity (Wildman–Crippen MR) is 64.6 cm³/mol. The molecule has 0 aliphatic rings. The predicted octanol–water partition coefficient (Wildman–Crippen LogP) is 1.41. The van der Waals surface area contributed by atoms with Crippen LogP contribution >= 0.6 is 12.2 Å². The zero-order valence-electron chi connectivity index (χ0n) is 9.45. The molecule has 14 heavy (non-hydrogen) atoms. The van der Waals surface area contributed by atoms with Crippen LogP contribution in [0.5, 0.6) is 0 Å². The fraction of sp³-hybridized carbons (Fsp3) is 0.900. The molecule has 0 radical (unpaired) electrons. The summed E-state index contributed by atoms with van der Waals surface area (Å²) < 4.78 is 5.28. The molecule has 0 aromatic heterocycles. The van der Waals surface area contributed by atoms with Crippen LogP contribution in [0.4, 0.5) is 0 Å². The largest absolute Gasteiger partial charge is 0.392 e. The lowest BCUT2D eigenvalue weighted by Crippen LogP contribution is -2.38. The molecule has 4 heteroatoms. The molecule has 84 valence electrons. The van der Waals surface area contributed by atoms with E-state index >= 15 is 0 Å². The monoisotopic (exact) mass is 218 g/mol. The maximum Gasteiger partial charge on any atom is 0.0870 e. The minimum absolute atomic E-state index is 0.484. The lowest BCUT2D eigenvalue weighted by molar-refractivity contribution is 0.129. The van der Waals surface area contributed by atoms with E-state index in [0.717, 1.165) is 26.2 Å². The Morgan fingerprint density at radius 2 is 2.14 bits per heavy atom. The molecule has 0 saturated carbocycles. The fourth-order valence-corrected chi connectivity index (χ4v) is 1.40. The molecule has 0 unspecified atom stereocenters. The summed E-state index contributed by atoms with van der Waals surface area (Å²) in [7, 11) is 0. The number of ether oxygens (including phenoxy) is 1. The Bertz CT molecular complexity index is 162. The molecular formula is C10H22N2OS. The van der Waals surface area contributed by atoms with Crippen LogP contribution in [0.3, 0.4) is 0 Å². The van der Waals surface area contributed by atoms with Gasteiger partial charge in [-0.1, -0.05) is 12.2 Å². The highest BCUT2D eigenvalue weighted by Crippen LogP contribution is 1.99. The van der Waals surface area contributed by atoms with Crippen LogP contribution in [0.2, 0.25) is 0 Å². The Morgan fingerprint density at radius 3 is 2.57 bits per heavy atom. The summed E-state index contributed by atoms with van der Waals surface area (Å²) in [4.78, 5) is 2.83. The molecule has 0 heterocycles. The van der Waals surface area contributed by atoms with Crippen LogP contribution in [0.15, 0.2) is 0 Å². The number of hydrogen-bond acceptors (Lipinski definition) is 3. The highest BCUT2D eigenvalue weighted by Gasteiger charge is 2.09. The lowest BCUT2D eigenvalue weighted by Gasteiger charge is -2.25. The minimum atomic E-state index is 0.484. The highest BCUT2D eigenvalue weighted by atomic mass is 32.1. The smallest absolute Gasteiger partial charge is 0.0870 e. The van der Waals surface area contributed by atoms with Gasteiger partial charge in [-0.3, -0.25) is 4.90 Å². The maximum atomic E-state index is 5.52. The maximum absolute atomic E-state index is 5.52. The van der Waals surface area contributed by atoms with Crippen molar-refractivity contribution in [1.29, 1.82) is 0 Å². The lowest BCUT2D eigenvalue weighted by atomic mass is 10.3. The first-order valence-corrected chi connectivity index (χ1v) is 5.58. The molecule has 0 amide bonds. The first-order chi connectivity index (χ1) is 6.57. The Kier molecular flexibility index (Phi) is 8.04. The van der Waals surface area contributed by atoms with E-state index in [1.807, 2.05) is 6.92 Å². The molecule has 0 aliphatic carbocycles. The van der Waals surface area contributed by atoms with Crippen LogP contribution < -0.4 is 5.73 Å². The molecule has 0 aromatic rings. The molecule has 3 nitrogen and oxygen atoms in total. The molecule has 0 rings (SSSR count). The topological polar surface area (TPSA) is 38.5 Å². The Labute approximate surface area is 92.6 Å². The van der Waals surface area contributed by atoms with Crippen LogP contribution in [0.1, 0.15) is 27.2 Å². The van der Waals surface area contributed by atoms with Crippen molar-refractivity contribution in [3.05, 3.63) is 0 Å². The molecule has 0 aliphatic heterocycles. The van der Waals surface area contributed by atoms with Gasteiger partial charge in [0.25, 0.3) is 0 Å². The number of rotatable bonds is 8. The minimum Gasteiger partial charge on any atom is -0.392 e. The molecule has 2 N–H and O–H groups in total. The summed E-state index contributed by atoms with van der Waals surface area (Å²) in [6.07, 6.45) is 1.04. The number of thiocarbonyl (C=S) groups is 1. The average molecular weight is 218 g/mol. The van der Waals surface area contributed by atoms with Crippen molar-refractivity contribution >= 4 is 17.2 Å². The summed E-state index contributed by atoms with van der Waals surface area (Å²) in [6, 6.07) is 0.484. The Morgan fingerprint density at radius 1 is 1.50 bits per heavy atom. The van der Waals surface area contributed by atoms with Crippen molar-refractivity contribution in [3.8, 4) is 0 Å². The molecule has 0 spiro atoms. The van der Waals surface area contributed by atoms with Crippen LogP contribution in [-0.4, -0.2) is 42.2 Å². The second-order valence-corrected chi connectivity index (χ2v) is 4.11. The third-order valence-electron chi connectivity index (χ3n) is 2.03. The summed E-state index contributed by atoms with van der Waals surface area (Å²) in [5.41, 5.74) is 5.52. The van der Waals surface area contributed by atoms with Gasteiger partial charge in [0.05, 0.1) is 4.99 Å². The second kappa shape index (κ2) is 8.15. The van der Waals surface area contributed by atoms with Gasteiger partial charge in [0, 0.05) is 32.3 Å². The first kappa shape index (κ1) is 13.8. The van der Waals surface area contributed by atoms with Crippen molar-refractivity contribution in [1.82, 2.24) is 4.90 Å². The SMILES string of the molecule is CCOCCCN(CC(N)=S)C(C)C. The van der Waals surface area contributed by atoms with Crippen molar-refractivity contribution in [2.75, 3.05) is 26.3 Å². The van der Waals surface area contributed by atoms with E-state index in [-0.39, 0.29) is 0 Å². The normalized spacial score (nSPS) is 11.2. The van der Waals surface area contributed by atoms with E-state index in [1.165, 1.54) is 0 Å². The molecule has 0 saturated heterocycles. The van der Waals surface area contributed by atoms with Gasteiger partial charge in [-0.15, -0.1) is 0 Å². The average Bonchev–Trinajstić information content (AvgIpc) is 2.09. The van der Waals surface area contributed by atoms with E-state index < -0.39 is 0 Å². The van der Waals surface area contributed by atoms with E-state index in [9.17, 15) is 0 Å². The summed E-state index contributed by atoms with van der Waals surface area (Å²) in [5.74, 6) is 0. The zero-order chi connectivity index (χ0) is 11.0. The number of nitrogens with zero attached hydrogens (tertiary/aromatic N) is 1. The van der Waals surface area contributed by atoms with E-state index in [0.29, 0.717) is 17.6 Å². The standard InChI is InChI=1S/C10H22N2OS/c1-4-13-7-5-6-12(9(2)3)8-10(11)14/h9H,4-8H2,1-3H3,(H2,11,14). The number of hydrogen-bond donors (Lipinski definition) is 1. The number of nitrogens with two attached hydrogens (primary N) is 1. The Hall–Kier alpha value is -0.190. The van der Waals surface area contributed by atoms with Gasteiger partial charge in [-0.25, -0.2) is 0 Å². The van der Waals surface area contributed by atoms with E-state index in [4.69, 9.17) is 22.7 Å². The van der Waals surface area contributed by atoms with Gasteiger partial charge in [0.15, 0.2) is 0 Å². The van der Waals surface area contributed by atoms with E-state index in [1.54, 1.807) is 0 Å². The van der Waals surface area contributed by atoms with Crippen molar-refractivity contribution in [2.45, 2.75) is 33.2 Å². The van der Waals surface area contributed by atoms with E-state index in [2.05, 4.69) is 18.7 Å². The molecule has 0 bridgehead atoms. The third kappa shape index (κ3) is 7.24. The van der Waals surface area contributed by atoms with Gasteiger partial charge in [-0.2, -0.15) is 0 Å². The third-order valence-corrected chi connectivity index (χ3v) is 2.16. The fourth-order valence-electron chi connectivity index (χ4n) is 1.23. The van der Waals surface area contributed by atoms with Crippen molar-refractivity contribution < 1.29 is 4.74 Å². The van der Waals surface area contributed by atoms with Crippen LogP contribution in [0, 0.1) is 0 Å². The molecule has 0 aromatic carbocycles. The second-order valence-electron chi connectivity index (χ2n) is 3.58. The summed E-state index contributed by atoms with van der Waals surface area (Å²) in [6.45, 7) is 9.62. The highest BCUT2D eigenvalue weighted by molar-refractivity contribution is 7.80. The van der Waals surface area contributed by atoms with Crippen molar-refractivity contribution in [2.24, 2.45) is 5.73 Å². The van der Waals surface area contributed by atoms with Gasteiger partial charge in [0.1, 0.15) is 0 Å². The summed E-state index contributed by atoms with van der Waals surface area (Å²) >= 11 is 4.90. The Balaban J connectivity index is 3.68. The molecule has 0 atom stereocenters. The van der Waals surface area contributed by atoms with Gasteiger partial charge in [0.2, 0.25) is 0 Å². The first-order valence-electron chi connectivity index (χ1n) is 5.18. The molecular weight excluding hydrogens is 196 g/mol. The van der Waals surface area contributed by atoms with Crippen LogP contribution in [0.25, 0.3) is 0 Å². The van der Waals surface area contributed by atoms with Crippen molar-refractivity contribution in [3.63, 3.8) is 0 Å². The van der Waals surface area contributed by atoms with Crippen LogP contribution in [-0.2, 0) is 4.74 Å². The van der Waals surface area contributed by atoms with Gasteiger partial charge in [-0.05, 0) is 27.2 Å². The quantitative estimate of drug-likeness (QED) is 0.494. The summed E-state index contributed by atoms with van der Waals surface area (Å²) in [5, 5.41) is 0. The van der Waals surface area contributed by atoms with Gasteiger partial charge < -0.3 is 10.5 Å². The zero-order valence-corrected chi connectivity index (χ0v) is 10.3.